The second-order valence-electron chi connectivity index (χ2n) is 7.97. The van der Waals surface area contributed by atoms with Crippen molar-refractivity contribution in [2.24, 2.45) is 0 Å². The Morgan fingerprint density at radius 1 is 1.18 bits per heavy atom. The number of benzene rings is 1. The number of aryl methyl sites for hydroxylation is 2. The van der Waals surface area contributed by atoms with E-state index >= 15 is 0 Å². The Kier molecular flexibility index (Phi) is 8.57. The molecular formula is C24H33N3O6. The van der Waals surface area contributed by atoms with E-state index < -0.39 is 0 Å². The first kappa shape index (κ1) is 24.4. The standard InChI is InChI=1S/C24H33N3O6/c1-5-32-24(29)27-13-11-18(12-14-27)25-22(28)8-6-7-19-16(2)33-23(26-19)17-9-10-20(30-3)21(15-17)31-4/h9-10,15,18H,5-8,11-14H2,1-4H3,(H,25,28). The SMILES string of the molecule is CCOC(=O)N1CCC(NC(=O)CCCc2nc(-c3ccc(OC)c(OC)c3)oc2C)CC1. The molecule has 1 saturated heterocycles. The Morgan fingerprint density at radius 2 is 1.91 bits per heavy atom. The lowest BCUT2D eigenvalue weighted by molar-refractivity contribution is -0.122. The van der Waals surface area contributed by atoms with Gasteiger partial charge in [-0.15, -0.1) is 0 Å². The van der Waals surface area contributed by atoms with E-state index in [9.17, 15) is 9.59 Å². The molecular weight excluding hydrogens is 426 g/mol. The monoisotopic (exact) mass is 459 g/mol. The number of piperidine rings is 1. The van der Waals surface area contributed by atoms with Crippen LogP contribution in [-0.4, -0.2) is 61.8 Å². The number of oxazole rings is 1. The third-order valence-electron chi connectivity index (χ3n) is 5.73. The highest BCUT2D eigenvalue weighted by molar-refractivity contribution is 5.76. The number of hydrogen-bond donors (Lipinski definition) is 1. The van der Waals surface area contributed by atoms with E-state index in [1.54, 1.807) is 26.0 Å². The molecule has 1 aliphatic heterocycles. The van der Waals surface area contributed by atoms with Gasteiger partial charge in [0, 0.05) is 31.1 Å². The molecule has 9 heteroatoms. The molecule has 0 bridgehead atoms. The molecule has 0 spiro atoms. The Balaban J connectivity index is 1.46. The van der Waals surface area contributed by atoms with Crippen molar-refractivity contribution in [3.8, 4) is 23.0 Å². The van der Waals surface area contributed by atoms with Crippen LogP contribution >= 0.6 is 0 Å². The van der Waals surface area contributed by atoms with Crippen LogP contribution in [0.3, 0.4) is 0 Å². The summed E-state index contributed by atoms with van der Waals surface area (Å²) in [4.78, 5) is 30.5. The van der Waals surface area contributed by atoms with Gasteiger partial charge in [-0.2, -0.15) is 0 Å². The second-order valence-corrected chi connectivity index (χ2v) is 7.97. The zero-order valence-corrected chi connectivity index (χ0v) is 19.8. The number of likely N-dealkylation sites (tertiary alicyclic amines) is 1. The van der Waals surface area contributed by atoms with Crippen molar-refractivity contribution in [1.29, 1.82) is 0 Å². The molecule has 0 saturated carbocycles. The van der Waals surface area contributed by atoms with E-state index in [0.717, 1.165) is 29.9 Å². The molecule has 33 heavy (non-hydrogen) atoms. The first-order valence-electron chi connectivity index (χ1n) is 11.3. The summed E-state index contributed by atoms with van der Waals surface area (Å²) in [7, 11) is 3.18. The maximum absolute atomic E-state index is 12.4. The number of aromatic nitrogens is 1. The van der Waals surface area contributed by atoms with Crippen LogP contribution in [0.15, 0.2) is 22.6 Å². The van der Waals surface area contributed by atoms with Crippen molar-refractivity contribution in [3.05, 3.63) is 29.7 Å². The minimum Gasteiger partial charge on any atom is -0.493 e. The van der Waals surface area contributed by atoms with Gasteiger partial charge in [0.05, 0.1) is 26.5 Å². The van der Waals surface area contributed by atoms with Gasteiger partial charge in [-0.25, -0.2) is 9.78 Å². The summed E-state index contributed by atoms with van der Waals surface area (Å²) in [6.45, 7) is 5.24. The molecule has 1 fully saturated rings. The third kappa shape index (κ3) is 6.40. The predicted molar refractivity (Wildman–Crippen MR) is 122 cm³/mol. The molecule has 180 valence electrons. The fourth-order valence-electron chi connectivity index (χ4n) is 3.89. The highest BCUT2D eigenvalue weighted by atomic mass is 16.6. The highest BCUT2D eigenvalue weighted by Gasteiger charge is 2.24. The average Bonchev–Trinajstić information content (AvgIpc) is 3.19. The molecule has 3 rings (SSSR count). The smallest absolute Gasteiger partial charge is 0.409 e. The zero-order chi connectivity index (χ0) is 23.8. The lowest BCUT2D eigenvalue weighted by atomic mass is 10.0. The van der Waals surface area contributed by atoms with Crippen LogP contribution in [0.5, 0.6) is 11.5 Å². The van der Waals surface area contributed by atoms with Crippen molar-refractivity contribution >= 4 is 12.0 Å². The number of methoxy groups -OCH3 is 2. The van der Waals surface area contributed by atoms with Crippen molar-refractivity contribution in [2.45, 2.75) is 52.0 Å². The summed E-state index contributed by atoms with van der Waals surface area (Å²) < 4.78 is 21.5. The first-order valence-corrected chi connectivity index (χ1v) is 11.3. The summed E-state index contributed by atoms with van der Waals surface area (Å²) in [5.41, 5.74) is 1.64. The predicted octanol–water partition coefficient (Wildman–Crippen LogP) is 3.73. The number of rotatable bonds is 9. The van der Waals surface area contributed by atoms with Gasteiger partial charge in [0.25, 0.3) is 0 Å². The largest absolute Gasteiger partial charge is 0.493 e. The van der Waals surface area contributed by atoms with Gasteiger partial charge in [0.2, 0.25) is 11.8 Å². The topological polar surface area (TPSA) is 103 Å². The molecule has 0 radical (unpaired) electrons. The van der Waals surface area contributed by atoms with E-state index in [2.05, 4.69) is 10.3 Å². The Morgan fingerprint density at radius 3 is 2.58 bits per heavy atom. The Labute approximate surface area is 194 Å². The van der Waals surface area contributed by atoms with Crippen LogP contribution < -0.4 is 14.8 Å². The van der Waals surface area contributed by atoms with Gasteiger partial charge in [-0.1, -0.05) is 0 Å². The van der Waals surface area contributed by atoms with E-state index in [0.29, 0.717) is 56.3 Å². The van der Waals surface area contributed by atoms with Gasteiger partial charge in [0.1, 0.15) is 5.76 Å². The summed E-state index contributed by atoms with van der Waals surface area (Å²) in [5.74, 6) is 2.53. The normalized spacial score (nSPS) is 14.1. The van der Waals surface area contributed by atoms with Crippen LogP contribution in [0.2, 0.25) is 0 Å². The minimum atomic E-state index is -0.280. The third-order valence-corrected chi connectivity index (χ3v) is 5.73. The number of amides is 2. The van der Waals surface area contributed by atoms with Crippen LogP contribution in [0.1, 0.15) is 44.1 Å². The van der Waals surface area contributed by atoms with Crippen molar-refractivity contribution in [3.63, 3.8) is 0 Å². The maximum atomic E-state index is 12.4. The number of ether oxygens (including phenoxy) is 3. The second kappa shape index (κ2) is 11.6. The van der Waals surface area contributed by atoms with Crippen LogP contribution in [0, 0.1) is 6.92 Å². The first-order chi connectivity index (χ1) is 15.9. The fraction of sp³-hybridized carbons (Fsp3) is 0.542. The zero-order valence-electron chi connectivity index (χ0n) is 19.8. The molecule has 1 aromatic heterocycles. The van der Waals surface area contributed by atoms with Gasteiger partial charge in [-0.05, 0) is 57.7 Å². The lowest BCUT2D eigenvalue weighted by Crippen LogP contribution is -2.46. The van der Waals surface area contributed by atoms with E-state index in [1.807, 2.05) is 25.1 Å². The molecule has 1 N–H and O–H groups in total. The maximum Gasteiger partial charge on any atom is 0.409 e. The fourth-order valence-corrected chi connectivity index (χ4v) is 3.89. The molecule has 1 aromatic carbocycles. The molecule has 2 amide bonds. The van der Waals surface area contributed by atoms with Crippen molar-refractivity contribution in [1.82, 2.24) is 15.2 Å². The van der Waals surface area contributed by atoms with Gasteiger partial charge in [0.15, 0.2) is 11.5 Å². The number of nitrogens with zero attached hydrogens (tertiary/aromatic N) is 2. The number of nitrogens with one attached hydrogen (secondary N) is 1. The number of hydrogen-bond acceptors (Lipinski definition) is 7. The Hall–Kier alpha value is -3.23. The van der Waals surface area contributed by atoms with Crippen LogP contribution in [0.4, 0.5) is 4.79 Å². The van der Waals surface area contributed by atoms with Gasteiger partial charge >= 0.3 is 6.09 Å². The van der Waals surface area contributed by atoms with E-state index in [4.69, 9.17) is 18.6 Å². The summed E-state index contributed by atoms with van der Waals surface area (Å²) in [5, 5.41) is 3.08. The Bertz CT molecular complexity index is 950. The van der Waals surface area contributed by atoms with E-state index in [-0.39, 0.29) is 18.0 Å². The molecule has 0 atom stereocenters. The average molecular weight is 460 g/mol. The lowest BCUT2D eigenvalue weighted by Gasteiger charge is -2.31. The van der Waals surface area contributed by atoms with Crippen molar-refractivity contribution < 1.29 is 28.2 Å². The molecule has 9 nitrogen and oxygen atoms in total. The van der Waals surface area contributed by atoms with Gasteiger partial charge in [-0.3, -0.25) is 4.79 Å². The van der Waals surface area contributed by atoms with Crippen LogP contribution in [0.25, 0.3) is 11.5 Å². The quantitative estimate of drug-likeness (QED) is 0.609. The van der Waals surface area contributed by atoms with Gasteiger partial charge < -0.3 is 28.8 Å². The molecule has 1 aliphatic rings. The summed E-state index contributed by atoms with van der Waals surface area (Å²) >= 11 is 0. The molecule has 0 aliphatic carbocycles. The molecule has 0 unspecified atom stereocenters. The highest BCUT2D eigenvalue weighted by Crippen LogP contribution is 2.32. The molecule has 2 aromatic rings. The summed E-state index contributed by atoms with van der Waals surface area (Å²) in [6.07, 6.45) is 2.93. The number of carbonyl (C=O) groups excluding carboxylic acids is 2. The number of carbonyl (C=O) groups is 2. The minimum absolute atomic E-state index is 0.0193. The van der Waals surface area contributed by atoms with Crippen molar-refractivity contribution in [2.75, 3.05) is 33.9 Å². The van der Waals surface area contributed by atoms with E-state index in [1.165, 1.54) is 0 Å². The van der Waals surface area contributed by atoms with Crippen LogP contribution in [-0.2, 0) is 16.0 Å². The molecule has 2 heterocycles. The summed E-state index contributed by atoms with van der Waals surface area (Å²) in [6, 6.07) is 5.61.